The maximum Gasteiger partial charge on any atom is 0.338 e. The second-order valence-electron chi connectivity index (χ2n) is 4.05. The third kappa shape index (κ3) is 3.26. The number of hydrogen-bond donors (Lipinski definition) is 2. The molecule has 8 heteroatoms. The number of rotatable bonds is 4. The molecule has 0 amide bonds. The number of aromatic carboxylic acids is 1. The number of nitrogens with one attached hydrogen (secondary N) is 1. The van der Waals surface area contributed by atoms with Gasteiger partial charge in [-0.1, -0.05) is 11.6 Å². The summed E-state index contributed by atoms with van der Waals surface area (Å²) in [5.41, 5.74) is -0.261. The molecule has 2 aromatic carbocycles. The van der Waals surface area contributed by atoms with Crippen molar-refractivity contribution >= 4 is 34.6 Å². The number of benzene rings is 2. The predicted octanol–water partition coefficient (Wildman–Crippen LogP) is 3.83. The van der Waals surface area contributed by atoms with Crippen LogP contribution in [0.25, 0.3) is 0 Å². The molecule has 0 radical (unpaired) electrons. The number of non-ortho nitro benzene ring substituents is 1. The normalized spacial score (nSPS) is 10.2. The van der Waals surface area contributed by atoms with E-state index in [0.29, 0.717) is 0 Å². The number of anilines is 2. The fourth-order valence-corrected chi connectivity index (χ4v) is 1.78. The molecule has 0 heterocycles. The lowest BCUT2D eigenvalue weighted by atomic mass is 10.1. The Morgan fingerprint density at radius 1 is 1.29 bits per heavy atom. The Morgan fingerprint density at radius 3 is 2.57 bits per heavy atom. The van der Waals surface area contributed by atoms with Crippen molar-refractivity contribution in [2.24, 2.45) is 0 Å². The minimum absolute atomic E-state index is 0.0669. The monoisotopic (exact) mass is 310 g/mol. The van der Waals surface area contributed by atoms with Crippen molar-refractivity contribution in [3.8, 4) is 0 Å². The Bertz CT molecular complexity index is 736. The van der Waals surface area contributed by atoms with Gasteiger partial charge in [0.15, 0.2) is 0 Å². The third-order valence-electron chi connectivity index (χ3n) is 2.64. The number of nitrogens with zero attached hydrogens (tertiary/aromatic N) is 1. The van der Waals surface area contributed by atoms with Crippen molar-refractivity contribution in [2.75, 3.05) is 5.32 Å². The maximum absolute atomic E-state index is 13.3. The summed E-state index contributed by atoms with van der Waals surface area (Å²) in [6.07, 6.45) is 0. The fraction of sp³-hybridized carbons (Fsp3) is 0. The molecular formula is C13H8ClFN2O4. The summed E-state index contributed by atoms with van der Waals surface area (Å²) >= 11 is 5.55. The van der Waals surface area contributed by atoms with E-state index in [-0.39, 0.29) is 27.6 Å². The molecule has 0 fully saturated rings. The van der Waals surface area contributed by atoms with Gasteiger partial charge in [-0.25, -0.2) is 9.18 Å². The van der Waals surface area contributed by atoms with Gasteiger partial charge in [0.1, 0.15) is 5.82 Å². The maximum atomic E-state index is 13.3. The Labute approximate surface area is 122 Å². The van der Waals surface area contributed by atoms with E-state index in [0.717, 1.165) is 18.2 Å². The van der Waals surface area contributed by atoms with Crippen LogP contribution in [-0.4, -0.2) is 16.0 Å². The van der Waals surface area contributed by atoms with Gasteiger partial charge in [-0.15, -0.1) is 0 Å². The van der Waals surface area contributed by atoms with E-state index in [1.807, 2.05) is 0 Å². The van der Waals surface area contributed by atoms with Gasteiger partial charge >= 0.3 is 5.97 Å². The van der Waals surface area contributed by atoms with Crippen LogP contribution in [-0.2, 0) is 0 Å². The summed E-state index contributed by atoms with van der Waals surface area (Å²) in [6, 6.07) is 7.19. The third-order valence-corrected chi connectivity index (χ3v) is 2.95. The van der Waals surface area contributed by atoms with Gasteiger partial charge in [0.05, 0.1) is 21.2 Å². The van der Waals surface area contributed by atoms with Crippen LogP contribution in [0.3, 0.4) is 0 Å². The first-order valence-corrected chi connectivity index (χ1v) is 6.00. The molecular weight excluding hydrogens is 303 g/mol. The second-order valence-corrected chi connectivity index (χ2v) is 4.45. The first kappa shape index (κ1) is 14.7. The van der Waals surface area contributed by atoms with Crippen LogP contribution in [0.5, 0.6) is 0 Å². The average molecular weight is 311 g/mol. The molecule has 2 aromatic rings. The molecule has 108 valence electrons. The van der Waals surface area contributed by atoms with Gasteiger partial charge < -0.3 is 10.4 Å². The zero-order chi connectivity index (χ0) is 15.6. The van der Waals surface area contributed by atoms with Crippen LogP contribution in [0, 0.1) is 15.9 Å². The molecule has 0 bridgehead atoms. The van der Waals surface area contributed by atoms with E-state index in [1.54, 1.807) is 0 Å². The van der Waals surface area contributed by atoms with Gasteiger partial charge in [0.2, 0.25) is 0 Å². The molecule has 0 aliphatic heterocycles. The highest BCUT2D eigenvalue weighted by molar-refractivity contribution is 6.30. The van der Waals surface area contributed by atoms with E-state index in [9.17, 15) is 19.3 Å². The Balaban J connectivity index is 2.41. The Morgan fingerprint density at radius 2 is 2.00 bits per heavy atom. The van der Waals surface area contributed by atoms with E-state index >= 15 is 0 Å². The highest BCUT2D eigenvalue weighted by atomic mass is 35.5. The minimum Gasteiger partial charge on any atom is -0.478 e. The molecule has 6 nitrogen and oxygen atoms in total. The van der Waals surface area contributed by atoms with Crippen LogP contribution < -0.4 is 5.32 Å². The SMILES string of the molecule is O=C(O)c1cc([N+](=O)[O-])ccc1Nc1ccc(Cl)c(F)c1. The fourth-order valence-electron chi connectivity index (χ4n) is 1.66. The number of nitro groups is 1. The zero-order valence-electron chi connectivity index (χ0n) is 10.3. The van der Waals surface area contributed by atoms with Crippen molar-refractivity contribution in [1.82, 2.24) is 0 Å². The van der Waals surface area contributed by atoms with Gasteiger partial charge in [0, 0.05) is 17.8 Å². The standard InChI is InChI=1S/C13H8ClFN2O4/c14-10-3-1-7(5-11(10)15)16-12-4-2-8(17(20)21)6-9(12)13(18)19/h1-6,16H,(H,18,19). The van der Waals surface area contributed by atoms with Crippen molar-refractivity contribution in [2.45, 2.75) is 0 Å². The van der Waals surface area contributed by atoms with E-state index < -0.39 is 16.7 Å². The number of nitro benzene ring substituents is 1. The molecule has 0 saturated carbocycles. The van der Waals surface area contributed by atoms with Crippen LogP contribution in [0.1, 0.15) is 10.4 Å². The quantitative estimate of drug-likeness (QED) is 0.661. The van der Waals surface area contributed by atoms with Crippen molar-refractivity contribution in [3.05, 3.63) is 62.9 Å². The molecule has 0 aromatic heterocycles. The smallest absolute Gasteiger partial charge is 0.338 e. The molecule has 0 atom stereocenters. The molecule has 0 unspecified atom stereocenters. The first-order chi connectivity index (χ1) is 9.88. The largest absolute Gasteiger partial charge is 0.478 e. The lowest BCUT2D eigenvalue weighted by molar-refractivity contribution is -0.384. The molecule has 0 aliphatic rings. The van der Waals surface area contributed by atoms with Gasteiger partial charge in [-0.2, -0.15) is 0 Å². The van der Waals surface area contributed by atoms with Gasteiger partial charge in [0.25, 0.3) is 5.69 Å². The summed E-state index contributed by atoms with van der Waals surface area (Å²) in [5.74, 6) is -2.00. The van der Waals surface area contributed by atoms with E-state index in [4.69, 9.17) is 16.7 Å². The Kier molecular flexibility index (Phi) is 4.04. The van der Waals surface area contributed by atoms with Crippen LogP contribution >= 0.6 is 11.6 Å². The van der Waals surface area contributed by atoms with E-state index in [1.165, 1.54) is 18.2 Å². The number of carboxylic acids is 1. The average Bonchev–Trinajstić information content (AvgIpc) is 2.43. The number of hydrogen-bond acceptors (Lipinski definition) is 4. The summed E-state index contributed by atoms with van der Waals surface area (Å²) in [5, 5.41) is 22.4. The number of carbonyl (C=O) groups is 1. The van der Waals surface area contributed by atoms with Crippen LogP contribution in [0.4, 0.5) is 21.5 Å². The first-order valence-electron chi connectivity index (χ1n) is 5.62. The highest BCUT2D eigenvalue weighted by Crippen LogP contribution is 2.27. The van der Waals surface area contributed by atoms with Crippen LogP contribution in [0.2, 0.25) is 5.02 Å². The lowest BCUT2D eigenvalue weighted by Crippen LogP contribution is -2.04. The van der Waals surface area contributed by atoms with Gasteiger partial charge in [-0.3, -0.25) is 10.1 Å². The topological polar surface area (TPSA) is 92.5 Å². The molecule has 0 saturated heterocycles. The molecule has 2 rings (SSSR count). The summed E-state index contributed by atoms with van der Waals surface area (Å²) < 4.78 is 13.3. The summed E-state index contributed by atoms with van der Waals surface area (Å²) in [7, 11) is 0. The highest BCUT2D eigenvalue weighted by Gasteiger charge is 2.16. The number of halogens is 2. The summed E-state index contributed by atoms with van der Waals surface area (Å²) in [4.78, 5) is 21.1. The van der Waals surface area contributed by atoms with Gasteiger partial charge in [-0.05, 0) is 24.3 Å². The summed E-state index contributed by atoms with van der Waals surface area (Å²) in [6.45, 7) is 0. The Hall–Kier alpha value is -2.67. The lowest BCUT2D eigenvalue weighted by Gasteiger charge is -2.10. The molecule has 21 heavy (non-hydrogen) atoms. The van der Waals surface area contributed by atoms with Crippen molar-refractivity contribution in [1.29, 1.82) is 0 Å². The number of carboxylic acid groups (broad SMARTS) is 1. The van der Waals surface area contributed by atoms with Crippen molar-refractivity contribution in [3.63, 3.8) is 0 Å². The zero-order valence-corrected chi connectivity index (χ0v) is 11.1. The van der Waals surface area contributed by atoms with E-state index in [2.05, 4.69) is 5.32 Å². The molecule has 2 N–H and O–H groups in total. The molecule has 0 aliphatic carbocycles. The second kappa shape index (κ2) is 5.76. The minimum atomic E-state index is -1.34. The predicted molar refractivity (Wildman–Crippen MR) is 74.7 cm³/mol. The van der Waals surface area contributed by atoms with Crippen molar-refractivity contribution < 1.29 is 19.2 Å². The van der Waals surface area contributed by atoms with Crippen LogP contribution in [0.15, 0.2) is 36.4 Å². The molecule has 0 spiro atoms.